The summed E-state index contributed by atoms with van der Waals surface area (Å²) in [6.45, 7) is 10.4. The number of carbonyl (C=O) groups excluding carboxylic acids is 2. The van der Waals surface area contributed by atoms with Crippen molar-refractivity contribution in [3.8, 4) is 0 Å². The fourth-order valence-corrected chi connectivity index (χ4v) is 5.39. The van der Waals surface area contributed by atoms with Gasteiger partial charge in [0.2, 0.25) is 0 Å². The summed E-state index contributed by atoms with van der Waals surface area (Å²) in [5, 5.41) is 0. The van der Waals surface area contributed by atoms with Gasteiger partial charge in [-0.25, -0.2) is 9.59 Å². The number of ether oxygens (including phenoxy) is 2. The van der Waals surface area contributed by atoms with Crippen LogP contribution in [0.15, 0.2) is 25.3 Å². The lowest BCUT2D eigenvalue weighted by atomic mass is 9.60. The SMILES string of the molecule is C=CC(=O)OCCCC1CCC(C2(C)CCC(CCCOC(=O)C=C)CC2)CC1. The van der Waals surface area contributed by atoms with Gasteiger partial charge < -0.3 is 9.47 Å². The highest BCUT2D eigenvalue weighted by Gasteiger charge is 2.39. The maximum atomic E-state index is 11.1. The van der Waals surface area contributed by atoms with Crippen LogP contribution >= 0.6 is 0 Å². The minimum atomic E-state index is -0.311. The summed E-state index contributed by atoms with van der Waals surface area (Å²) in [5.41, 5.74) is 0.510. The van der Waals surface area contributed by atoms with E-state index < -0.39 is 0 Å². The maximum Gasteiger partial charge on any atom is 0.330 e. The Labute approximate surface area is 177 Å². The number of carbonyl (C=O) groups is 2. The molecule has 4 heteroatoms. The van der Waals surface area contributed by atoms with E-state index in [2.05, 4.69) is 20.1 Å². The Morgan fingerprint density at radius 3 is 1.72 bits per heavy atom. The van der Waals surface area contributed by atoms with Gasteiger partial charge in [0.05, 0.1) is 13.2 Å². The van der Waals surface area contributed by atoms with Crippen molar-refractivity contribution in [1.82, 2.24) is 0 Å². The van der Waals surface area contributed by atoms with Crippen molar-refractivity contribution in [1.29, 1.82) is 0 Å². The number of hydrogen-bond donors (Lipinski definition) is 0. The Balaban J connectivity index is 1.60. The Bertz CT molecular complexity index is 537. The molecule has 0 atom stereocenters. The molecule has 0 N–H and O–H groups in total. The standard InChI is InChI=1S/C25H40O4/c1-4-23(26)28-18-6-8-20-10-12-22(13-11-20)25(3)16-14-21(15-17-25)9-7-19-29-24(27)5-2/h4-5,20-22H,1-2,6-19H2,3H3. The van der Waals surface area contributed by atoms with E-state index in [1.165, 1.54) is 76.4 Å². The van der Waals surface area contributed by atoms with Gasteiger partial charge in [-0.1, -0.05) is 32.9 Å². The second-order valence-electron chi connectivity index (χ2n) is 9.34. The molecular weight excluding hydrogens is 364 g/mol. The number of rotatable bonds is 11. The van der Waals surface area contributed by atoms with E-state index in [0.717, 1.165) is 30.6 Å². The quantitative estimate of drug-likeness (QED) is 0.240. The summed E-state index contributed by atoms with van der Waals surface area (Å²) < 4.78 is 10.2. The molecule has 0 saturated heterocycles. The van der Waals surface area contributed by atoms with Crippen LogP contribution in [0.5, 0.6) is 0 Å². The van der Waals surface area contributed by atoms with E-state index in [0.29, 0.717) is 18.6 Å². The summed E-state index contributed by atoms with van der Waals surface area (Å²) in [5.74, 6) is 1.84. The molecule has 0 unspecified atom stereocenters. The fraction of sp³-hybridized carbons (Fsp3) is 0.760. The molecule has 0 spiro atoms. The van der Waals surface area contributed by atoms with E-state index in [4.69, 9.17) is 9.47 Å². The predicted octanol–water partition coefficient (Wildman–Crippen LogP) is 6.01. The summed E-state index contributed by atoms with van der Waals surface area (Å²) in [7, 11) is 0. The van der Waals surface area contributed by atoms with Crippen molar-refractivity contribution in [2.24, 2.45) is 23.2 Å². The minimum Gasteiger partial charge on any atom is -0.463 e. The lowest BCUT2D eigenvalue weighted by Gasteiger charge is -2.46. The molecule has 0 aliphatic heterocycles. The molecule has 0 aromatic rings. The zero-order valence-electron chi connectivity index (χ0n) is 18.3. The van der Waals surface area contributed by atoms with Gasteiger partial charge in [-0.05, 0) is 87.4 Å². The lowest BCUT2D eigenvalue weighted by Crippen LogP contribution is -2.35. The van der Waals surface area contributed by atoms with Crippen molar-refractivity contribution in [3.63, 3.8) is 0 Å². The zero-order chi connectivity index (χ0) is 21.1. The molecule has 0 aromatic heterocycles. The molecule has 4 nitrogen and oxygen atoms in total. The third kappa shape index (κ3) is 7.98. The van der Waals surface area contributed by atoms with Crippen molar-refractivity contribution >= 4 is 11.9 Å². The lowest BCUT2D eigenvalue weighted by molar-refractivity contribution is -0.138. The highest BCUT2D eigenvalue weighted by atomic mass is 16.5. The van der Waals surface area contributed by atoms with Gasteiger partial charge >= 0.3 is 11.9 Å². The first-order chi connectivity index (χ1) is 14.0. The van der Waals surface area contributed by atoms with Crippen molar-refractivity contribution in [2.75, 3.05) is 13.2 Å². The third-order valence-electron chi connectivity index (χ3n) is 7.42. The predicted molar refractivity (Wildman–Crippen MR) is 116 cm³/mol. The van der Waals surface area contributed by atoms with Crippen molar-refractivity contribution in [2.45, 2.75) is 84.0 Å². The molecular formula is C25H40O4. The van der Waals surface area contributed by atoms with Gasteiger partial charge in [-0.15, -0.1) is 0 Å². The van der Waals surface area contributed by atoms with Crippen LogP contribution in [0.25, 0.3) is 0 Å². The zero-order valence-corrected chi connectivity index (χ0v) is 18.3. The average Bonchev–Trinajstić information content (AvgIpc) is 2.75. The first-order valence-electron chi connectivity index (χ1n) is 11.5. The minimum absolute atomic E-state index is 0.310. The van der Waals surface area contributed by atoms with Crippen LogP contribution in [0, 0.1) is 23.2 Å². The number of hydrogen-bond acceptors (Lipinski definition) is 4. The van der Waals surface area contributed by atoms with Gasteiger partial charge in [-0.3, -0.25) is 0 Å². The van der Waals surface area contributed by atoms with Gasteiger partial charge in [0.15, 0.2) is 0 Å². The second-order valence-corrected chi connectivity index (χ2v) is 9.34. The van der Waals surface area contributed by atoms with Crippen molar-refractivity contribution < 1.29 is 19.1 Å². The molecule has 164 valence electrons. The van der Waals surface area contributed by atoms with Gasteiger partial charge in [0, 0.05) is 12.2 Å². The van der Waals surface area contributed by atoms with Gasteiger partial charge in [0.25, 0.3) is 0 Å². The fourth-order valence-electron chi connectivity index (χ4n) is 5.39. The van der Waals surface area contributed by atoms with Crippen LogP contribution in [0.3, 0.4) is 0 Å². The summed E-state index contributed by atoms with van der Waals surface area (Å²) in [6.07, 6.45) is 17.4. The molecule has 0 amide bonds. The van der Waals surface area contributed by atoms with E-state index in [1.807, 2.05) is 0 Å². The van der Waals surface area contributed by atoms with E-state index in [1.54, 1.807) is 0 Å². The van der Waals surface area contributed by atoms with E-state index >= 15 is 0 Å². The van der Waals surface area contributed by atoms with Crippen LogP contribution in [-0.4, -0.2) is 25.2 Å². The second kappa shape index (κ2) is 12.2. The monoisotopic (exact) mass is 404 g/mol. The normalized spacial score (nSPS) is 29.6. The average molecular weight is 405 g/mol. The molecule has 0 radical (unpaired) electrons. The Hall–Kier alpha value is -1.58. The smallest absolute Gasteiger partial charge is 0.330 e. The molecule has 2 rings (SSSR count). The van der Waals surface area contributed by atoms with E-state index in [-0.39, 0.29) is 11.9 Å². The molecule has 29 heavy (non-hydrogen) atoms. The molecule has 2 aliphatic carbocycles. The molecule has 0 aromatic carbocycles. The Morgan fingerprint density at radius 1 is 0.828 bits per heavy atom. The van der Waals surface area contributed by atoms with Gasteiger partial charge in [0.1, 0.15) is 0 Å². The summed E-state index contributed by atoms with van der Waals surface area (Å²) in [4.78, 5) is 22.2. The van der Waals surface area contributed by atoms with Gasteiger partial charge in [-0.2, -0.15) is 0 Å². The highest BCUT2D eigenvalue weighted by molar-refractivity contribution is 5.81. The molecule has 0 heterocycles. The Morgan fingerprint density at radius 2 is 1.28 bits per heavy atom. The van der Waals surface area contributed by atoms with Crippen LogP contribution < -0.4 is 0 Å². The van der Waals surface area contributed by atoms with Crippen LogP contribution in [0.2, 0.25) is 0 Å². The summed E-state index contributed by atoms with van der Waals surface area (Å²) >= 11 is 0. The molecule has 0 bridgehead atoms. The van der Waals surface area contributed by atoms with Crippen LogP contribution in [-0.2, 0) is 19.1 Å². The maximum absolute atomic E-state index is 11.1. The molecule has 2 saturated carbocycles. The van der Waals surface area contributed by atoms with E-state index in [9.17, 15) is 9.59 Å². The van der Waals surface area contributed by atoms with Crippen LogP contribution in [0.1, 0.15) is 84.0 Å². The highest BCUT2D eigenvalue weighted by Crippen LogP contribution is 2.50. The third-order valence-corrected chi connectivity index (χ3v) is 7.42. The molecule has 2 aliphatic rings. The number of esters is 2. The Kier molecular flexibility index (Phi) is 9.96. The molecule has 2 fully saturated rings. The topological polar surface area (TPSA) is 52.6 Å². The largest absolute Gasteiger partial charge is 0.463 e. The van der Waals surface area contributed by atoms with Crippen molar-refractivity contribution in [3.05, 3.63) is 25.3 Å². The van der Waals surface area contributed by atoms with Crippen LogP contribution in [0.4, 0.5) is 0 Å². The first-order valence-corrected chi connectivity index (χ1v) is 11.5. The summed E-state index contributed by atoms with van der Waals surface area (Å²) in [6, 6.07) is 0. The first kappa shape index (κ1) is 23.7.